The Hall–Kier alpha value is -2.57. The summed E-state index contributed by atoms with van der Waals surface area (Å²) in [5.41, 5.74) is 1.55. The van der Waals surface area contributed by atoms with Crippen LogP contribution in [-0.2, 0) is 17.8 Å². The van der Waals surface area contributed by atoms with Crippen molar-refractivity contribution in [1.29, 1.82) is 0 Å². The highest BCUT2D eigenvalue weighted by Gasteiger charge is 2.33. The van der Waals surface area contributed by atoms with Gasteiger partial charge in [-0.05, 0) is 25.0 Å². The Morgan fingerprint density at radius 1 is 1.48 bits per heavy atom. The standard InChI is InChI=1S/C18H24N4O3/c1-4-15-9-20-16(25-15)11-22(13(3)23)14-6-8-21(10-14)18(24)17-12(2)5-7-19-17/h5,7,9,14,19H,4,6,8,10-11H2,1-3H3. The molecule has 3 rings (SSSR count). The maximum atomic E-state index is 12.6. The van der Waals surface area contributed by atoms with Crippen molar-refractivity contribution in [2.45, 2.75) is 46.2 Å². The van der Waals surface area contributed by atoms with Gasteiger partial charge in [0.2, 0.25) is 11.8 Å². The van der Waals surface area contributed by atoms with E-state index in [9.17, 15) is 9.59 Å². The summed E-state index contributed by atoms with van der Waals surface area (Å²) in [5, 5.41) is 0. The predicted octanol–water partition coefficient (Wildman–Crippen LogP) is 2.14. The summed E-state index contributed by atoms with van der Waals surface area (Å²) in [4.78, 5) is 35.5. The largest absolute Gasteiger partial charge is 0.444 e. The monoisotopic (exact) mass is 344 g/mol. The molecule has 2 aromatic heterocycles. The lowest BCUT2D eigenvalue weighted by Crippen LogP contribution is -2.41. The maximum Gasteiger partial charge on any atom is 0.270 e. The smallest absolute Gasteiger partial charge is 0.270 e. The third-order valence-electron chi connectivity index (χ3n) is 4.72. The molecule has 0 saturated carbocycles. The summed E-state index contributed by atoms with van der Waals surface area (Å²) in [7, 11) is 0. The molecule has 0 spiro atoms. The van der Waals surface area contributed by atoms with Gasteiger partial charge in [-0.3, -0.25) is 9.59 Å². The molecule has 7 heteroatoms. The van der Waals surface area contributed by atoms with Gasteiger partial charge in [0.1, 0.15) is 11.5 Å². The van der Waals surface area contributed by atoms with Crippen LogP contribution in [0.1, 0.15) is 48.0 Å². The normalized spacial score (nSPS) is 17.1. The van der Waals surface area contributed by atoms with E-state index in [1.54, 1.807) is 29.1 Å². The van der Waals surface area contributed by atoms with Crippen LogP contribution in [0, 0.1) is 6.92 Å². The second-order valence-corrected chi connectivity index (χ2v) is 6.45. The summed E-state index contributed by atoms with van der Waals surface area (Å²) in [5.74, 6) is 1.30. The second kappa shape index (κ2) is 7.13. The van der Waals surface area contributed by atoms with Gasteiger partial charge < -0.3 is 19.2 Å². The topological polar surface area (TPSA) is 82.4 Å². The fourth-order valence-corrected chi connectivity index (χ4v) is 3.24. The lowest BCUT2D eigenvalue weighted by atomic mass is 10.2. The molecule has 3 heterocycles. The van der Waals surface area contributed by atoms with Crippen molar-refractivity contribution in [3.05, 3.63) is 41.4 Å². The number of likely N-dealkylation sites (tertiary alicyclic amines) is 1. The number of H-pyrrole nitrogens is 1. The average Bonchev–Trinajstić information content (AvgIpc) is 3.32. The zero-order valence-corrected chi connectivity index (χ0v) is 14.9. The molecule has 0 aromatic carbocycles. The van der Waals surface area contributed by atoms with E-state index in [1.807, 2.05) is 19.9 Å². The molecule has 1 N–H and O–H groups in total. The lowest BCUT2D eigenvalue weighted by Gasteiger charge is -2.26. The molecule has 25 heavy (non-hydrogen) atoms. The molecule has 1 unspecified atom stereocenters. The Morgan fingerprint density at radius 3 is 2.88 bits per heavy atom. The number of aryl methyl sites for hydroxylation is 2. The number of aromatic amines is 1. The molecular weight excluding hydrogens is 320 g/mol. The van der Waals surface area contributed by atoms with Crippen LogP contribution in [0.2, 0.25) is 0 Å². The van der Waals surface area contributed by atoms with Crippen molar-refractivity contribution in [3.8, 4) is 0 Å². The summed E-state index contributed by atoms with van der Waals surface area (Å²) < 4.78 is 5.63. The summed E-state index contributed by atoms with van der Waals surface area (Å²) in [6, 6.07) is 1.87. The Balaban J connectivity index is 1.68. The number of nitrogens with zero attached hydrogens (tertiary/aromatic N) is 3. The van der Waals surface area contributed by atoms with Crippen molar-refractivity contribution in [2.24, 2.45) is 0 Å². The van der Waals surface area contributed by atoms with Crippen LogP contribution < -0.4 is 0 Å². The van der Waals surface area contributed by atoms with Gasteiger partial charge in [0.15, 0.2) is 0 Å². The first-order chi connectivity index (χ1) is 12.0. The first kappa shape index (κ1) is 17.3. The number of oxazole rings is 1. The van der Waals surface area contributed by atoms with Crippen LogP contribution >= 0.6 is 0 Å². The zero-order valence-electron chi connectivity index (χ0n) is 14.9. The van der Waals surface area contributed by atoms with Gasteiger partial charge in [-0.2, -0.15) is 0 Å². The van der Waals surface area contributed by atoms with Gasteiger partial charge in [-0.25, -0.2) is 4.98 Å². The molecule has 0 aliphatic carbocycles. The first-order valence-electron chi connectivity index (χ1n) is 8.63. The number of carbonyl (C=O) groups excluding carboxylic acids is 2. The fraction of sp³-hybridized carbons (Fsp3) is 0.500. The molecule has 2 aromatic rings. The van der Waals surface area contributed by atoms with E-state index < -0.39 is 0 Å². The number of aromatic nitrogens is 2. The summed E-state index contributed by atoms with van der Waals surface area (Å²) in [6.07, 6.45) is 5.00. The zero-order chi connectivity index (χ0) is 18.0. The summed E-state index contributed by atoms with van der Waals surface area (Å²) >= 11 is 0. The van der Waals surface area contributed by atoms with Crippen LogP contribution in [-0.4, -0.2) is 50.7 Å². The molecule has 1 aliphatic heterocycles. The molecular formula is C18H24N4O3. The number of carbonyl (C=O) groups is 2. The Labute approximate surface area is 147 Å². The Bertz CT molecular complexity index is 764. The molecule has 1 aliphatic rings. The van der Waals surface area contributed by atoms with E-state index in [1.165, 1.54) is 0 Å². The van der Waals surface area contributed by atoms with E-state index in [-0.39, 0.29) is 17.9 Å². The quantitative estimate of drug-likeness (QED) is 0.901. The molecule has 1 atom stereocenters. The number of nitrogens with one attached hydrogen (secondary N) is 1. The van der Waals surface area contributed by atoms with Crippen LogP contribution in [0.3, 0.4) is 0 Å². The van der Waals surface area contributed by atoms with Crippen LogP contribution in [0.15, 0.2) is 22.9 Å². The highest BCUT2D eigenvalue weighted by atomic mass is 16.4. The van der Waals surface area contributed by atoms with Crippen molar-refractivity contribution in [3.63, 3.8) is 0 Å². The molecule has 2 amide bonds. The molecule has 7 nitrogen and oxygen atoms in total. The third kappa shape index (κ3) is 3.60. The van der Waals surface area contributed by atoms with Crippen LogP contribution in [0.5, 0.6) is 0 Å². The van der Waals surface area contributed by atoms with Gasteiger partial charge in [0, 0.05) is 32.6 Å². The van der Waals surface area contributed by atoms with E-state index in [4.69, 9.17) is 4.42 Å². The van der Waals surface area contributed by atoms with E-state index in [0.29, 0.717) is 31.2 Å². The lowest BCUT2D eigenvalue weighted by molar-refractivity contribution is -0.132. The molecule has 0 radical (unpaired) electrons. The van der Waals surface area contributed by atoms with Crippen molar-refractivity contribution >= 4 is 11.8 Å². The van der Waals surface area contributed by atoms with E-state index >= 15 is 0 Å². The Morgan fingerprint density at radius 2 is 2.28 bits per heavy atom. The van der Waals surface area contributed by atoms with Gasteiger partial charge in [-0.15, -0.1) is 0 Å². The number of rotatable bonds is 5. The minimum atomic E-state index is -0.0356. The van der Waals surface area contributed by atoms with Crippen LogP contribution in [0.4, 0.5) is 0 Å². The summed E-state index contributed by atoms with van der Waals surface area (Å²) in [6.45, 7) is 6.95. The Kier molecular flexibility index (Phi) is 4.92. The second-order valence-electron chi connectivity index (χ2n) is 6.45. The minimum Gasteiger partial charge on any atom is -0.444 e. The van der Waals surface area contributed by atoms with E-state index in [0.717, 1.165) is 24.2 Å². The molecule has 1 fully saturated rings. The molecule has 1 saturated heterocycles. The van der Waals surface area contributed by atoms with Gasteiger partial charge in [-0.1, -0.05) is 6.92 Å². The highest BCUT2D eigenvalue weighted by Crippen LogP contribution is 2.21. The maximum absolute atomic E-state index is 12.6. The van der Waals surface area contributed by atoms with Crippen molar-refractivity contribution in [2.75, 3.05) is 13.1 Å². The fourth-order valence-electron chi connectivity index (χ4n) is 3.24. The van der Waals surface area contributed by atoms with E-state index in [2.05, 4.69) is 9.97 Å². The van der Waals surface area contributed by atoms with Crippen molar-refractivity contribution < 1.29 is 14.0 Å². The third-order valence-corrected chi connectivity index (χ3v) is 4.72. The van der Waals surface area contributed by atoms with Crippen molar-refractivity contribution in [1.82, 2.24) is 19.8 Å². The number of hydrogen-bond acceptors (Lipinski definition) is 4. The molecule has 0 bridgehead atoms. The number of amides is 2. The minimum absolute atomic E-state index is 0.0158. The van der Waals surface area contributed by atoms with Gasteiger partial charge in [0.25, 0.3) is 5.91 Å². The van der Waals surface area contributed by atoms with Gasteiger partial charge in [0.05, 0.1) is 18.8 Å². The van der Waals surface area contributed by atoms with Crippen LogP contribution in [0.25, 0.3) is 0 Å². The number of hydrogen-bond donors (Lipinski definition) is 1. The SMILES string of the molecule is CCc1cnc(CN(C(C)=O)C2CCN(C(=O)c3[nH]ccc3C)C2)o1. The predicted molar refractivity (Wildman–Crippen MR) is 91.9 cm³/mol. The average molecular weight is 344 g/mol. The highest BCUT2D eigenvalue weighted by molar-refractivity contribution is 5.94. The van der Waals surface area contributed by atoms with Gasteiger partial charge >= 0.3 is 0 Å². The molecule has 134 valence electrons. The first-order valence-corrected chi connectivity index (χ1v) is 8.63.